The van der Waals surface area contributed by atoms with E-state index in [-0.39, 0.29) is 23.5 Å². The average Bonchev–Trinajstić information content (AvgIpc) is 2.91. The molecule has 1 N–H and O–H groups in total. The van der Waals surface area contributed by atoms with Crippen molar-refractivity contribution in [2.24, 2.45) is 5.92 Å². The molecule has 1 aliphatic heterocycles. The van der Waals surface area contributed by atoms with E-state index in [1.54, 1.807) is 0 Å². The molecular weight excluding hydrogens is 178 g/mol. The summed E-state index contributed by atoms with van der Waals surface area (Å²) in [4.78, 5) is 13.8. The third kappa shape index (κ3) is 1.54. The fourth-order valence-electron chi connectivity index (χ4n) is 2.21. The lowest BCUT2D eigenvalue weighted by Crippen LogP contribution is -2.58. The van der Waals surface area contributed by atoms with Crippen molar-refractivity contribution in [1.82, 2.24) is 4.90 Å². The van der Waals surface area contributed by atoms with Gasteiger partial charge in [0.15, 0.2) is 0 Å². The second-order valence-electron chi connectivity index (χ2n) is 5.08. The molecule has 0 aromatic rings. The maximum atomic E-state index is 11.9. The van der Waals surface area contributed by atoms with Crippen LogP contribution < -0.4 is 0 Å². The molecule has 2 rings (SSSR count). The molecule has 0 spiro atoms. The number of rotatable bonds is 1. The predicted molar refractivity (Wildman–Crippen MR) is 53.8 cm³/mol. The Morgan fingerprint density at radius 2 is 2.00 bits per heavy atom. The van der Waals surface area contributed by atoms with Gasteiger partial charge in [0, 0.05) is 12.5 Å². The van der Waals surface area contributed by atoms with Gasteiger partial charge < -0.3 is 10.0 Å². The third-order valence-corrected chi connectivity index (χ3v) is 3.56. The molecule has 1 amide bonds. The van der Waals surface area contributed by atoms with Crippen LogP contribution in [-0.2, 0) is 4.79 Å². The highest BCUT2D eigenvalue weighted by Crippen LogP contribution is 2.36. The number of nitrogens with zero attached hydrogens (tertiary/aromatic N) is 1. The number of carbonyl (C=O) groups is 1. The van der Waals surface area contributed by atoms with E-state index >= 15 is 0 Å². The van der Waals surface area contributed by atoms with E-state index in [0.29, 0.717) is 0 Å². The Bertz CT molecular complexity index is 246. The van der Waals surface area contributed by atoms with Crippen LogP contribution in [-0.4, -0.2) is 34.1 Å². The SMILES string of the molecule is CC1(C)C(O)CCCN1C(=O)C1CC1. The smallest absolute Gasteiger partial charge is 0.226 e. The van der Waals surface area contributed by atoms with E-state index in [4.69, 9.17) is 0 Å². The zero-order valence-corrected chi connectivity index (χ0v) is 8.99. The van der Waals surface area contributed by atoms with Gasteiger partial charge in [-0.15, -0.1) is 0 Å². The molecule has 1 unspecified atom stereocenters. The van der Waals surface area contributed by atoms with Crippen molar-refractivity contribution in [3.8, 4) is 0 Å². The summed E-state index contributed by atoms with van der Waals surface area (Å²) in [7, 11) is 0. The number of amides is 1. The van der Waals surface area contributed by atoms with Gasteiger partial charge in [-0.2, -0.15) is 0 Å². The molecule has 1 aliphatic carbocycles. The molecule has 0 radical (unpaired) electrons. The Labute approximate surface area is 85.1 Å². The van der Waals surface area contributed by atoms with E-state index in [2.05, 4.69) is 0 Å². The van der Waals surface area contributed by atoms with Gasteiger partial charge >= 0.3 is 0 Å². The normalized spacial score (nSPS) is 31.6. The van der Waals surface area contributed by atoms with Crippen molar-refractivity contribution in [2.45, 2.75) is 51.2 Å². The van der Waals surface area contributed by atoms with Crippen molar-refractivity contribution in [1.29, 1.82) is 0 Å². The van der Waals surface area contributed by atoms with Crippen molar-refractivity contribution in [3.63, 3.8) is 0 Å². The summed E-state index contributed by atoms with van der Waals surface area (Å²) in [6, 6.07) is 0. The van der Waals surface area contributed by atoms with Crippen LogP contribution in [0.3, 0.4) is 0 Å². The highest BCUT2D eigenvalue weighted by atomic mass is 16.3. The number of piperidine rings is 1. The van der Waals surface area contributed by atoms with Crippen LogP contribution >= 0.6 is 0 Å². The standard InChI is InChI=1S/C11H19NO2/c1-11(2)9(13)4-3-7-12(11)10(14)8-5-6-8/h8-9,13H,3-7H2,1-2H3. The van der Waals surface area contributed by atoms with E-state index in [1.165, 1.54) is 0 Å². The van der Waals surface area contributed by atoms with Crippen LogP contribution in [0, 0.1) is 5.92 Å². The highest BCUT2D eigenvalue weighted by Gasteiger charge is 2.44. The van der Waals surface area contributed by atoms with Crippen LogP contribution in [0.25, 0.3) is 0 Å². The number of likely N-dealkylation sites (tertiary alicyclic amines) is 1. The molecule has 3 heteroatoms. The van der Waals surface area contributed by atoms with Gasteiger partial charge in [-0.25, -0.2) is 0 Å². The predicted octanol–water partition coefficient (Wildman–Crippen LogP) is 1.16. The zero-order valence-electron chi connectivity index (χ0n) is 8.99. The summed E-state index contributed by atoms with van der Waals surface area (Å²) in [5.74, 6) is 0.522. The molecule has 1 saturated carbocycles. The average molecular weight is 197 g/mol. The van der Waals surface area contributed by atoms with E-state index in [9.17, 15) is 9.90 Å². The largest absolute Gasteiger partial charge is 0.391 e. The summed E-state index contributed by atoms with van der Waals surface area (Å²) in [5, 5.41) is 9.86. The van der Waals surface area contributed by atoms with Crippen LogP contribution in [0.2, 0.25) is 0 Å². The lowest BCUT2D eigenvalue weighted by atomic mass is 9.87. The van der Waals surface area contributed by atoms with Gasteiger partial charge in [-0.1, -0.05) is 0 Å². The number of hydrogen-bond donors (Lipinski definition) is 1. The van der Waals surface area contributed by atoms with Crippen LogP contribution in [0.4, 0.5) is 0 Å². The summed E-state index contributed by atoms with van der Waals surface area (Å²) >= 11 is 0. The van der Waals surface area contributed by atoms with Gasteiger partial charge in [-0.3, -0.25) is 4.79 Å². The first-order valence-corrected chi connectivity index (χ1v) is 5.53. The Hall–Kier alpha value is -0.570. The minimum absolute atomic E-state index is 0.258. The molecule has 0 bridgehead atoms. The summed E-state index contributed by atoms with van der Waals surface area (Å²) in [6.45, 7) is 4.76. The summed E-state index contributed by atoms with van der Waals surface area (Å²) in [6.07, 6.45) is 3.48. The Balaban J connectivity index is 2.11. The van der Waals surface area contributed by atoms with Crippen molar-refractivity contribution >= 4 is 5.91 Å². The number of aliphatic hydroxyl groups excluding tert-OH is 1. The molecule has 80 valence electrons. The molecular formula is C11H19NO2. The molecule has 2 fully saturated rings. The second-order valence-corrected chi connectivity index (χ2v) is 5.08. The lowest BCUT2D eigenvalue weighted by molar-refractivity contribution is -0.146. The fourth-order valence-corrected chi connectivity index (χ4v) is 2.21. The first kappa shape index (κ1) is 9.97. The lowest BCUT2D eigenvalue weighted by Gasteiger charge is -2.46. The van der Waals surface area contributed by atoms with Gasteiger partial charge in [-0.05, 0) is 39.5 Å². The fraction of sp³-hybridized carbons (Fsp3) is 0.909. The maximum Gasteiger partial charge on any atom is 0.226 e. The van der Waals surface area contributed by atoms with Crippen LogP contribution in [0.15, 0.2) is 0 Å². The first-order chi connectivity index (χ1) is 6.53. The Morgan fingerprint density at radius 1 is 1.36 bits per heavy atom. The van der Waals surface area contributed by atoms with Gasteiger partial charge in [0.25, 0.3) is 0 Å². The molecule has 3 nitrogen and oxygen atoms in total. The first-order valence-electron chi connectivity index (χ1n) is 5.53. The Morgan fingerprint density at radius 3 is 2.57 bits per heavy atom. The molecule has 1 atom stereocenters. The van der Waals surface area contributed by atoms with Gasteiger partial charge in [0.05, 0.1) is 11.6 Å². The van der Waals surface area contributed by atoms with Gasteiger partial charge in [0.1, 0.15) is 0 Å². The summed E-state index contributed by atoms with van der Waals surface area (Å²) < 4.78 is 0. The topological polar surface area (TPSA) is 40.5 Å². The summed E-state index contributed by atoms with van der Waals surface area (Å²) in [5.41, 5.74) is -0.363. The number of hydrogen-bond acceptors (Lipinski definition) is 2. The number of aliphatic hydroxyl groups is 1. The highest BCUT2D eigenvalue weighted by molar-refractivity contribution is 5.81. The van der Waals surface area contributed by atoms with Crippen LogP contribution in [0.5, 0.6) is 0 Å². The second kappa shape index (κ2) is 3.23. The molecule has 0 aromatic carbocycles. The van der Waals surface area contributed by atoms with E-state index in [1.807, 2.05) is 18.7 Å². The van der Waals surface area contributed by atoms with E-state index in [0.717, 1.165) is 32.2 Å². The minimum Gasteiger partial charge on any atom is -0.391 e. The quantitative estimate of drug-likeness (QED) is 0.685. The van der Waals surface area contributed by atoms with Crippen molar-refractivity contribution < 1.29 is 9.90 Å². The molecule has 1 saturated heterocycles. The molecule has 0 aromatic heterocycles. The number of carbonyl (C=O) groups excluding carboxylic acids is 1. The molecule has 2 aliphatic rings. The zero-order chi connectivity index (χ0) is 10.3. The third-order valence-electron chi connectivity index (χ3n) is 3.56. The monoisotopic (exact) mass is 197 g/mol. The van der Waals surface area contributed by atoms with Crippen molar-refractivity contribution in [2.75, 3.05) is 6.54 Å². The molecule has 14 heavy (non-hydrogen) atoms. The van der Waals surface area contributed by atoms with Gasteiger partial charge in [0.2, 0.25) is 5.91 Å². The minimum atomic E-state index is -0.363. The van der Waals surface area contributed by atoms with E-state index < -0.39 is 0 Å². The maximum absolute atomic E-state index is 11.9. The molecule has 1 heterocycles. The van der Waals surface area contributed by atoms with Crippen molar-refractivity contribution in [3.05, 3.63) is 0 Å². The Kier molecular flexibility index (Phi) is 2.30. The van der Waals surface area contributed by atoms with Crippen LogP contribution in [0.1, 0.15) is 39.5 Å².